The van der Waals surface area contributed by atoms with Crippen molar-refractivity contribution in [2.75, 3.05) is 44.4 Å². The number of anilines is 3. The van der Waals surface area contributed by atoms with Crippen molar-refractivity contribution in [1.82, 2.24) is 29.3 Å². The van der Waals surface area contributed by atoms with Gasteiger partial charge in [0.15, 0.2) is 0 Å². The Balaban J connectivity index is 1.37. The minimum Gasteiger partial charge on any atom is -0.343 e. The lowest BCUT2D eigenvalue weighted by Gasteiger charge is -2.23. The Bertz CT molecular complexity index is 1300. The van der Waals surface area contributed by atoms with Gasteiger partial charge in [0.1, 0.15) is 17.2 Å². The third kappa shape index (κ3) is 5.22. The third-order valence-electron chi connectivity index (χ3n) is 7.82. The number of amides is 2. The van der Waals surface area contributed by atoms with Crippen molar-refractivity contribution in [3.8, 4) is 0 Å². The summed E-state index contributed by atoms with van der Waals surface area (Å²) in [6.07, 6.45) is 10.5. The number of pyridine rings is 1. The summed E-state index contributed by atoms with van der Waals surface area (Å²) in [6, 6.07) is 6.21. The average Bonchev–Trinajstić information content (AvgIpc) is 3.53. The van der Waals surface area contributed by atoms with Gasteiger partial charge in [-0.15, -0.1) is 0 Å². The molecule has 0 radical (unpaired) electrons. The van der Waals surface area contributed by atoms with E-state index in [0.717, 1.165) is 61.8 Å². The van der Waals surface area contributed by atoms with E-state index in [9.17, 15) is 9.59 Å². The number of carbonyl (C=O) groups excluding carboxylic acids is 2. The van der Waals surface area contributed by atoms with Crippen molar-refractivity contribution in [1.29, 1.82) is 0 Å². The van der Waals surface area contributed by atoms with Gasteiger partial charge in [-0.25, -0.2) is 9.97 Å². The van der Waals surface area contributed by atoms with Crippen molar-refractivity contribution >= 4 is 40.3 Å². The molecule has 0 aromatic carbocycles. The molecule has 1 N–H and O–H groups in total. The predicted octanol–water partition coefficient (Wildman–Crippen LogP) is 4.22. The first kappa shape index (κ1) is 26.1. The molecule has 2 aliphatic rings. The van der Waals surface area contributed by atoms with Crippen LogP contribution in [-0.4, -0.2) is 81.4 Å². The Kier molecular flexibility index (Phi) is 7.60. The molecule has 4 heterocycles. The Morgan fingerprint density at radius 1 is 1.13 bits per heavy atom. The summed E-state index contributed by atoms with van der Waals surface area (Å²) in [5.41, 5.74) is 2.21. The molecule has 1 aliphatic carbocycles. The van der Waals surface area contributed by atoms with Gasteiger partial charge in [-0.05, 0) is 44.5 Å². The quantitative estimate of drug-likeness (QED) is 0.500. The summed E-state index contributed by atoms with van der Waals surface area (Å²) < 4.78 is 2.10. The largest absolute Gasteiger partial charge is 0.343 e. The number of carbonyl (C=O) groups is 2. The molecule has 202 valence electrons. The molecule has 3 aromatic rings. The highest BCUT2D eigenvalue weighted by atomic mass is 16.2. The molecule has 2 amide bonds. The molecule has 1 unspecified atom stereocenters. The first-order valence-corrected chi connectivity index (χ1v) is 13.7. The maximum atomic E-state index is 13.0. The number of nitrogens with zero attached hydrogens (tertiary/aromatic N) is 7. The number of likely N-dealkylation sites (N-methyl/N-ethyl adjacent to an activating group) is 1. The summed E-state index contributed by atoms with van der Waals surface area (Å²) in [5.74, 6) is 1.13. The van der Waals surface area contributed by atoms with Gasteiger partial charge in [-0.2, -0.15) is 4.98 Å². The molecule has 2 fully saturated rings. The van der Waals surface area contributed by atoms with Crippen LogP contribution in [0.15, 0.2) is 30.6 Å². The highest BCUT2D eigenvalue weighted by Crippen LogP contribution is 2.35. The highest BCUT2D eigenvalue weighted by Gasteiger charge is 2.28. The van der Waals surface area contributed by atoms with Crippen molar-refractivity contribution in [2.45, 2.75) is 64.0 Å². The Morgan fingerprint density at radius 3 is 2.61 bits per heavy atom. The van der Waals surface area contributed by atoms with E-state index in [4.69, 9.17) is 4.98 Å². The topological polar surface area (TPSA) is 99.5 Å². The molecule has 38 heavy (non-hydrogen) atoms. The van der Waals surface area contributed by atoms with Crippen LogP contribution in [0.25, 0.3) is 11.0 Å². The molecular formula is C28H38N8O2. The molecule has 1 saturated carbocycles. The second-order valence-electron chi connectivity index (χ2n) is 10.7. The minimum atomic E-state index is -0.0306. The summed E-state index contributed by atoms with van der Waals surface area (Å²) in [4.78, 5) is 45.5. The van der Waals surface area contributed by atoms with Crippen LogP contribution in [0.3, 0.4) is 0 Å². The van der Waals surface area contributed by atoms with E-state index in [1.165, 1.54) is 0 Å². The fourth-order valence-electron chi connectivity index (χ4n) is 5.69. The van der Waals surface area contributed by atoms with E-state index < -0.39 is 0 Å². The fourth-order valence-corrected chi connectivity index (χ4v) is 5.69. The first-order chi connectivity index (χ1) is 18.4. The van der Waals surface area contributed by atoms with Crippen LogP contribution >= 0.6 is 0 Å². The molecule has 3 aromatic heterocycles. The number of hydrogen-bond acceptors (Lipinski definition) is 7. The molecule has 1 atom stereocenters. The van der Waals surface area contributed by atoms with Crippen LogP contribution < -0.4 is 10.2 Å². The lowest BCUT2D eigenvalue weighted by atomic mass is 10.1. The van der Waals surface area contributed by atoms with Gasteiger partial charge >= 0.3 is 0 Å². The maximum Gasteiger partial charge on any atom is 0.270 e. The predicted molar refractivity (Wildman–Crippen MR) is 149 cm³/mol. The summed E-state index contributed by atoms with van der Waals surface area (Å²) >= 11 is 0. The van der Waals surface area contributed by atoms with Crippen LogP contribution in [-0.2, 0) is 4.79 Å². The fraction of sp³-hybridized carbons (Fsp3) is 0.536. The van der Waals surface area contributed by atoms with E-state index in [1.54, 1.807) is 31.4 Å². The Labute approximate surface area is 224 Å². The van der Waals surface area contributed by atoms with Crippen LogP contribution in [0.4, 0.5) is 17.5 Å². The Hall–Kier alpha value is -3.53. The van der Waals surface area contributed by atoms with E-state index in [1.807, 2.05) is 23.1 Å². The van der Waals surface area contributed by atoms with Gasteiger partial charge in [-0.3, -0.25) is 9.59 Å². The van der Waals surface area contributed by atoms with Gasteiger partial charge in [0, 0.05) is 57.3 Å². The third-order valence-corrected chi connectivity index (χ3v) is 7.82. The molecule has 1 saturated heterocycles. The smallest absolute Gasteiger partial charge is 0.270 e. The molecule has 5 rings (SSSR count). The molecule has 0 bridgehead atoms. The summed E-state index contributed by atoms with van der Waals surface area (Å²) in [7, 11) is 5.64. The van der Waals surface area contributed by atoms with E-state index >= 15 is 0 Å². The van der Waals surface area contributed by atoms with Crippen molar-refractivity contribution in [3.63, 3.8) is 0 Å². The van der Waals surface area contributed by atoms with Crippen LogP contribution in [0, 0.1) is 0 Å². The Morgan fingerprint density at radius 2 is 1.92 bits per heavy atom. The highest BCUT2D eigenvalue weighted by molar-refractivity contribution is 5.98. The van der Waals surface area contributed by atoms with Crippen LogP contribution in [0.1, 0.15) is 68.4 Å². The zero-order valence-corrected chi connectivity index (χ0v) is 22.9. The SMILES string of the molecule is CCCC1CC(=O)N(c2ccc(Nc3ncc4cc(C(=O)N(C)C)n(C5CCCC5)c4n3)nc2)CCN1C. The molecule has 10 heteroatoms. The lowest BCUT2D eigenvalue weighted by Crippen LogP contribution is -2.33. The second kappa shape index (κ2) is 11.1. The van der Waals surface area contributed by atoms with Crippen molar-refractivity contribution in [3.05, 3.63) is 36.3 Å². The number of hydrogen-bond donors (Lipinski definition) is 1. The average molecular weight is 519 g/mol. The standard InChI is InChI=1S/C28H38N8O2/c1-5-8-21-16-25(37)35(14-13-34(21)4)22-11-12-24(29-18-22)31-28-30-17-19-15-23(27(38)33(2)3)36(26(19)32-28)20-9-6-7-10-20/h11-12,15,17-18,20-21H,5-10,13-14,16H2,1-4H3,(H,29,30,31,32). The van der Waals surface area contributed by atoms with E-state index in [0.29, 0.717) is 30.4 Å². The molecular weight excluding hydrogens is 480 g/mol. The molecule has 0 spiro atoms. The van der Waals surface area contributed by atoms with Gasteiger partial charge in [0.2, 0.25) is 11.9 Å². The first-order valence-electron chi connectivity index (χ1n) is 13.7. The van der Waals surface area contributed by atoms with E-state index in [-0.39, 0.29) is 23.9 Å². The van der Waals surface area contributed by atoms with Gasteiger partial charge < -0.3 is 24.6 Å². The number of nitrogens with one attached hydrogen (secondary N) is 1. The second-order valence-corrected chi connectivity index (χ2v) is 10.7. The summed E-state index contributed by atoms with van der Waals surface area (Å²) in [6.45, 7) is 3.64. The zero-order chi connectivity index (χ0) is 26.8. The summed E-state index contributed by atoms with van der Waals surface area (Å²) in [5, 5.41) is 4.06. The van der Waals surface area contributed by atoms with Crippen LogP contribution in [0.5, 0.6) is 0 Å². The lowest BCUT2D eigenvalue weighted by molar-refractivity contribution is -0.119. The van der Waals surface area contributed by atoms with Gasteiger partial charge in [0.05, 0.1) is 11.9 Å². The van der Waals surface area contributed by atoms with Crippen molar-refractivity contribution < 1.29 is 9.59 Å². The zero-order valence-electron chi connectivity index (χ0n) is 22.9. The minimum absolute atomic E-state index is 0.0306. The van der Waals surface area contributed by atoms with Crippen molar-refractivity contribution in [2.24, 2.45) is 0 Å². The van der Waals surface area contributed by atoms with E-state index in [2.05, 4.69) is 38.7 Å². The molecule has 1 aliphatic heterocycles. The monoisotopic (exact) mass is 518 g/mol. The normalized spacial score (nSPS) is 19.2. The number of aromatic nitrogens is 4. The number of fused-ring (bicyclic) bond motifs is 1. The van der Waals surface area contributed by atoms with Gasteiger partial charge in [-0.1, -0.05) is 26.2 Å². The number of rotatable bonds is 7. The van der Waals surface area contributed by atoms with Crippen LogP contribution in [0.2, 0.25) is 0 Å². The van der Waals surface area contributed by atoms with Gasteiger partial charge in [0.25, 0.3) is 5.91 Å². The molecule has 10 nitrogen and oxygen atoms in total. The maximum absolute atomic E-state index is 13.0.